The molecular formula is C26H31N3O2. The Bertz CT molecular complexity index is 1080. The number of benzene rings is 2. The van der Waals surface area contributed by atoms with Gasteiger partial charge in [-0.25, -0.2) is 9.78 Å². The average Bonchev–Trinajstić information content (AvgIpc) is 3.00. The molecule has 0 bridgehead atoms. The second-order valence-corrected chi connectivity index (χ2v) is 8.01. The molecule has 3 aromatic rings. The SMILES string of the molecule is CCCc1nc(CC)c(C(=O)OCC)n1Cc1ccc2c(c1)CCc1ccccc1N2. The lowest BCUT2D eigenvalue weighted by Gasteiger charge is -2.15. The van der Waals surface area contributed by atoms with Gasteiger partial charge in [0, 0.05) is 24.3 Å². The molecule has 31 heavy (non-hydrogen) atoms. The Balaban J connectivity index is 1.68. The summed E-state index contributed by atoms with van der Waals surface area (Å²) in [5, 5.41) is 3.59. The summed E-state index contributed by atoms with van der Waals surface area (Å²) >= 11 is 0. The number of nitrogens with zero attached hydrogens (tertiary/aromatic N) is 2. The molecule has 0 radical (unpaired) electrons. The van der Waals surface area contributed by atoms with Gasteiger partial charge in [0.2, 0.25) is 0 Å². The summed E-state index contributed by atoms with van der Waals surface area (Å²) < 4.78 is 7.44. The third kappa shape index (κ3) is 4.36. The Morgan fingerprint density at radius 3 is 2.61 bits per heavy atom. The first kappa shape index (κ1) is 21.2. The molecule has 1 N–H and O–H groups in total. The van der Waals surface area contributed by atoms with E-state index in [2.05, 4.69) is 59.3 Å². The molecule has 2 heterocycles. The Morgan fingerprint density at radius 2 is 1.84 bits per heavy atom. The standard InChI is InChI=1S/C26H31N3O2/c1-4-9-24-28-21(5-2)25(26(30)31-6-3)29(24)17-18-12-15-23-20(16-18)14-13-19-10-7-8-11-22(19)27-23/h7-8,10-12,15-16,27H,4-6,9,13-14,17H2,1-3H3. The summed E-state index contributed by atoms with van der Waals surface area (Å²) in [5.74, 6) is 0.684. The van der Waals surface area contributed by atoms with Gasteiger partial charge in [-0.05, 0) is 61.4 Å². The highest BCUT2D eigenvalue weighted by Gasteiger charge is 2.23. The summed E-state index contributed by atoms with van der Waals surface area (Å²) in [6.45, 7) is 7.00. The van der Waals surface area contributed by atoms with Crippen molar-refractivity contribution < 1.29 is 9.53 Å². The predicted molar refractivity (Wildman–Crippen MR) is 124 cm³/mol. The average molecular weight is 418 g/mol. The van der Waals surface area contributed by atoms with Gasteiger partial charge in [-0.15, -0.1) is 0 Å². The van der Waals surface area contributed by atoms with Gasteiger partial charge >= 0.3 is 5.97 Å². The second kappa shape index (κ2) is 9.38. The molecule has 1 aromatic heterocycles. The second-order valence-electron chi connectivity index (χ2n) is 8.01. The van der Waals surface area contributed by atoms with Crippen LogP contribution in [0.1, 0.15) is 65.9 Å². The van der Waals surface area contributed by atoms with Crippen LogP contribution in [0, 0.1) is 0 Å². The number of aromatic nitrogens is 2. The van der Waals surface area contributed by atoms with Crippen LogP contribution < -0.4 is 5.32 Å². The number of anilines is 2. The minimum atomic E-state index is -0.277. The number of para-hydroxylation sites is 1. The molecule has 0 spiro atoms. The van der Waals surface area contributed by atoms with E-state index in [9.17, 15) is 4.79 Å². The van der Waals surface area contributed by atoms with Crippen LogP contribution in [0.15, 0.2) is 42.5 Å². The fourth-order valence-corrected chi connectivity index (χ4v) is 4.34. The number of rotatable bonds is 7. The van der Waals surface area contributed by atoms with Crippen LogP contribution in [0.25, 0.3) is 0 Å². The predicted octanol–water partition coefficient (Wildman–Crippen LogP) is 5.47. The molecule has 0 unspecified atom stereocenters. The van der Waals surface area contributed by atoms with E-state index in [-0.39, 0.29) is 5.97 Å². The number of carbonyl (C=O) groups excluding carboxylic acids is 1. The van der Waals surface area contributed by atoms with E-state index in [1.54, 1.807) is 0 Å². The van der Waals surface area contributed by atoms with Crippen LogP contribution >= 0.6 is 0 Å². The maximum Gasteiger partial charge on any atom is 0.356 e. The molecule has 0 saturated carbocycles. The van der Waals surface area contributed by atoms with Gasteiger partial charge < -0.3 is 14.6 Å². The summed E-state index contributed by atoms with van der Waals surface area (Å²) in [5.41, 5.74) is 7.60. The molecule has 5 heteroatoms. The normalized spacial score (nSPS) is 12.5. The Labute approximate surface area is 184 Å². The van der Waals surface area contributed by atoms with Crippen molar-refractivity contribution in [2.45, 2.75) is 59.4 Å². The maximum absolute atomic E-state index is 12.8. The van der Waals surface area contributed by atoms with E-state index in [4.69, 9.17) is 9.72 Å². The van der Waals surface area contributed by atoms with E-state index >= 15 is 0 Å². The highest BCUT2D eigenvalue weighted by Crippen LogP contribution is 2.31. The third-order valence-electron chi connectivity index (χ3n) is 5.86. The van der Waals surface area contributed by atoms with E-state index < -0.39 is 0 Å². The lowest BCUT2D eigenvalue weighted by Crippen LogP contribution is -2.16. The number of hydrogen-bond acceptors (Lipinski definition) is 4. The Hall–Kier alpha value is -3.08. The topological polar surface area (TPSA) is 56.1 Å². The largest absolute Gasteiger partial charge is 0.461 e. The molecule has 0 aliphatic carbocycles. The van der Waals surface area contributed by atoms with Gasteiger partial charge in [-0.1, -0.05) is 44.2 Å². The highest BCUT2D eigenvalue weighted by molar-refractivity contribution is 5.89. The fourth-order valence-electron chi connectivity index (χ4n) is 4.34. The monoisotopic (exact) mass is 417 g/mol. The Morgan fingerprint density at radius 1 is 1.06 bits per heavy atom. The van der Waals surface area contributed by atoms with Crippen molar-refractivity contribution in [1.82, 2.24) is 9.55 Å². The fraction of sp³-hybridized carbons (Fsp3) is 0.385. The first-order valence-corrected chi connectivity index (χ1v) is 11.4. The van der Waals surface area contributed by atoms with Crippen molar-refractivity contribution in [3.05, 3.63) is 76.4 Å². The first-order valence-electron chi connectivity index (χ1n) is 11.4. The number of aryl methyl sites for hydroxylation is 4. The molecule has 162 valence electrons. The van der Waals surface area contributed by atoms with Crippen LogP contribution in [-0.2, 0) is 37.0 Å². The number of nitrogens with one attached hydrogen (secondary N) is 1. The van der Waals surface area contributed by atoms with E-state index in [0.29, 0.717) is 25.3 Å². The van der Waals surface area contributed by atoms with Crippen LogP contribution in [0.2, 0.25) is 0 Å². The number of ether oxygens (including phenoxy) is 1. The number of esters is 1. The molecule has 4 rings (SSSR count). The summed E-state index contributed by atoms with van der Waals surface area (Å²) in [6, 6.07) is 15.1. The third-order valence-corrected chi connectivity index (χ3v) is 5.86. The number of carbonyl (C=O) groups is 1. The zero-order valence-corrected chi connectivity index (χ0v) is 18.7. The minimum absolute atomic E-state index is 0.277. The van der Waals surface area contributed by atoms with Gasteiger partial charge in [0.15, 0.2) is 5.69 Å². The molecule has 0 fully saturated rings. The van der Waals surface area contributed by atoms with Gasteiger partial charge in [0.25, 0.3) is 0 Å². The van der Waals surface area contributed by atoms with E-state index in [1.165, 1.54) is 22.4 Å². The lowest BCUT2D eigenvalue weighted by molar-refractivity contribution is 0.0512. The molecule has 2 aromatic carbocycles. The van der Waals surface area contributed by atoms with Crippen molar-refractivity contribution in [2.24, 2.45) is 0 Å². The summed E-state index contributed by atoms with van der Waals surface area (Å²) in [7, 11) is 0. The zero-order chi connectivity index (χ0) is 21.8. The lowest BCUT2D eigenvalue weighted by atomic mass is 10.0. The molecule has 1 aliphatic heterocycles. The number of fused-ring (bicyclic) bond motifs is 2. The quantitative estimate of drug-likeness (QED) is 0.518. The first-order chi connectivity index (χ1) is 15.1. The van der Waals surface area contributed by atoms with Gasteiger partial charge in [0.1, 0.15) is 5.82 Å². The molecule has 0 atom stereocenters. The number of imidazole rings is 1. The minimum Gasteiger partial charge on any atom is -0.461 e. The molecule has 0 saturated heterocycles. The zero-order valence-electron chi connectivity index (χ0n) is 18.7. The van der Waals surface area contributed by atoms with Gasteiger partial charge in [0.05, 0.1) is 12.3 Å². The van der Waals surface area contributed by atoms with Crippen molar-refractivity contribution in [3.8, 4) is 0 Å². The van der Waals surface area contributed by atoms with Crippen molar-refractivity contribution in [1.29, 1.82) is 0 Å². The molecule has 1 aliphatic rings. The summed E-state index contributed by atoms with van der Waals surface area (Å²) in [6.07, 6.45) is 4.54. The number of hydrogen-bond donors (Lipinski definition) is 1. The van der Waals surface area contributed by atoms with Crippen LogP contribution in [-0.4, -0.2) is 22.1 Å². The molecular weight excluding hydrogens is 386 g/mol. The molecule has 0 amide bonds. The van der Waals surface area contributed by atoms with Crippen molar-refractivity contribution >= 4 is 17.3 Å². The Kier molecular flexibility index (Phi) is 6.40. The molecule has 5 nitrogen and oxygen atoms in total. The highest BCUT2D eigenvalue weighted by atomic mass is 16.5. The van der Waals surface area contributed by atoms with Crippen LogP contribution in [0.5, 0.6) is 0 Å². The van der Waals surface area contributed by atoms with E-state index in [1.807, 2.05) is 13.8 Å². The maximum atomic E-state index is 12.8. The van der Waals surface area contributed by atoms with Gasteiger partial charge in [-0.2, -0.15) is 0 Å². The smallest absolute Gasteiger partial charge is 0.356 e. The van der Waals surface area contributed by atoms with Crippen molar-refractivity contribution in [2.75, 3.05) is 11.9 Å². The van der Waals surface area contributed by atoms with Crippen LogP contribution in [0.3, 0.4) is 0 Å². The van der Waals surface area contributed by atoms with E-state index in [0.717, 1.165) is 42.9 Å². The van der Waals surface area contributed by atoms with Crippen LogP contribution in [0.4, 0.5) is 11.4 Å². The van der Waals surface area contributed by atoms with Crippen molar-refractivity contribution in [3.63, 3.8) is 0 Å². The summed E-state index contributed by atoms with van der Waals surface area (Å²) in [4.78, 5) is 17.6. The van der Waals surface area contributed by atoms with Gasteiger partial charge in [-0.3, -0.25) is 0 Å².